The second-order valence-corrected chi connectivity index (χ2v) is 14.8. The standard InChI is InChI=1S/C37H43N5O6.C4H11NO3/c1-25(2)22-31(33(45)40-30(23-32(43)44)27-12-6-3-7-13-27)42-34(46)37(20-10-5-11-21-37)41(36(42)48)24-26-16-18-29(19-17-26)39-35(47)38-28-14-8-4-9-15-28;5-4(1-6,2-7)3-8/h3-4,6-9,12-19,25,30-31H,5,10-11,20-24H2,1-2H3,(H,40,45)(H,43,44)(H2,38,39,47);6-8H,1-3,5H2/t30-,31-;/m0./s1. The summed E-state index contributed by atoms with van der Waals surface area (Å²) < 4.78 is 0. The number of anilines is 2. The number of imide groups is 1. The Hall–Kier alpha value is -5.35. The van der Waals surface area contributed by atoms with Crippen LogP contribution in [-0.4, -0.2) is 97.0 Å². The number of aliphatic hydroxyl groups is 3. The van der Waals surface area contributed by atoms with Crippen LogP contribution < -0.4 is 21.7 Å². The summed E-state index contributed by atoms with van der Waals surface area (Å²) in [5.74, 6) is -2.05. The van der Waals surface area contributed by atoms with Crippen LogP contribution in [0.1, 0.15) is 76.0 Å². The zero-order valence-corrected chi connectivity index (χ0v) is 31.9. The summed E-state index contributed by atoms with van der Waals surface area (Å²) >= 11 is 0. The first kappa shape index (κ1) is 43.4. The molecule has 2 aliphatic rings. The van der Waals surface area contributed by atoms with Crippen molar-refractivity contribution in [2.24, 2.45) is 11.7 Å². The van der Waals surface area contributed by atoms with E-state index in [2.05, 4.69) is 16.0 Å². The first-order valence-corrected chi connectivity index (χ1v) is 18.8. The predicted molar refractivity (Wildman–Crippen MR) is 210 cm³/mol. The fourth-order valence-corrected chi connectivity index (χ4v) is 6.85. The molecule has 9 N–H and O–H groups in total. The summed E-state index contributed by atoms with van der Waals surface area (Å²) in [6.45, 7) is 2.78. The number of amides is 6. The summed E-state index contributed by atoms with van der Waals surface area (Å²) in [6.07, 6.45) is 3.38. The SMILES string of the molecule is CC(C)C[C@@H](C(=O)N[C@@H](CC(=O)O)c1ccccc1)N1C(=O)N(Cc2ccc(NC(=O)Nc3ccccc3)cc2)C2(CCCCC2)C1=O.NC(CO)(CO)CO. The van der Waals surface area contributed by atoms with E-state index >= 15 is 0 Å². The quantitative estimate of drug-likeness (QED) is 0.103. The van der Waals surface area contributed by atoms with E-state index < -0.39 is 66.9 Å². The number of carbonyl (C=O) groups excluding carboxylic acids is 4. The fourth-order valence-electron chi connectivity index (χ4n) is 6.85. The number of carboxylic acid groups (broad SMARTS) is 1. The number of urea groups is 2. The number of carbonyl (C=O) groups is 5. The number of nitrogens with zero attached hydrogens (tertiary/aromatic N) is 2. The molecule has 0 bridgehead atoms. The molecule has 2 fully saturated rings. The monoisotopic (exact) mass is 774 g/mol. The molecule has 2 atom stereocenters. The van der Waals surface area contributed by atoms with E-state index in [-0.39, 0.29) is 31.2 Å². The second kappa shape index (κ2) is 20.0. The molecule has 3 aromatic carbocycles. The van der Waals surface area contributed by atoms with Gasteiger partial charge in [0, 0.05) is 17.9 Å². The number of carboxylic acids is 1. The van der Waals surface area contributed by atoms with Crippen LogP contribution in [0.15, 0.2) is 84.9 Å². The number of benzene rings is 3. The molecule has 15 nitrogen and oxygen atoms in total. The van der Waals surface area contributed by atoms with E-state index in [9.17, 15) is 29.1 Å². The van der Waals surface area contributed by atoms with Gasteiger partial charge in [-0.1, -0.05) is 93.8 Å². The van der Waals surface area contributed by atoms with Gasteiger partial charge < -0.3 is 47.0 Å². The molecule has 5 rings (SSSR count). The Morgan fingerprint density at radius 2 is 1.34 bits per heavy atom. The highest BCUT2D eigenvalue weighted by Crippen LogP contribution is 2.43. The summed E-state index contributed by atoms with van der Waals surface area (Å²) in [4.78, 5) is 69.7. The van der Waals surface area contributed by atoms with Crippen LogP contribution in [-0.2, 0) is 20.9 Å². The zero-order valence-electron chi connectivity index (χ0n) is 31.9. The lowest BCUT2D eigenvalue weighted by atomic mass is 9.80. The molecule has 0 unspecified atom stereocenters. The Balaban J connectivity index is 0.000000784. The minimum absolute atomic E-state index is 0.0357. The minimum Gasteiger partial charge on any atom is -0.481 e. The molecule has 3 aromatic rings. The fraction of sp³-hybridized carbons (Fsp3) is 0.439. The summed E-state index contributed by atoms with van der Waals surface area (Å²) in [7, 11) is 0. The van der Waals surface area contributed by atoms with Crippen molar-refractivity contribution in [3.63, 3.8) is 0 Å². The smallest absolute Gasteiger partial charge is 0.328 e. The van der Waals surface area contributed by atoms with Crippen molar-refractivity contribution < 1.29 is 44.4 Å². The van der Waals surface area contributed by atoms with Crippen LogP contribution in [0.2, 0.25) is 0 Å². The molecule has 1 spiro atoms. The van der Waals surface area contributed by atoms with E-state index in [1.807, 2.05) is 44.2 Å². The maximum atomic E-state index is 14.4. The van der Waals surface area contributed by atoms with E-state index in [1.165, 1.54) is 0 Å². The number of para-hydroxylation sites is 1. The Kier molecular flexibility index (Phi) is 15.5. The van der Waals surface area contributed by atoms with Crippen molar-refractivity contribution in [2.45, 2.75) is 88.5 Å². The summed E-state index contributed by atoms with van der Waals surface area (Å²) in [6, 6.07) is 22.2. The van der Waals surface area contributed by atoms with Crippen LogP contribution in [0.4, 0.5) is 21.0 Å². The number of nitrogens with two attached hydrogens (primary N) is 1. The lowest BCUT2D eigenvalue weighted by Crippen LogP contribution is -2.53. The molecule has 1 saturated carbocycles. The van der Waals surface area contributed by atoms with Crippen molar-refractivity contribution in [3.05, 3.63) is 96.1 Å². The van der Waals surface area contributed by atoms with Crippen molar-refractivity contribution >= 4 is 41.2 Å². The molecule has 1 saturated heterocycles. The highest BCUT2D eigenvalue weighted by molar-refractivity contribution is 6.10. The molecule has 0 aromatic heterocycles. The lowest BCUT2D eigenvalue weighted by molar-refractivity contribution is -0.142. The molecule has 15 heteroatoms. The van der Waals surface area contributed by atoms with Gasteiger partial charge in [-0.2, -0.15) is 0 Å². The van der Waals surface area contributed by atoms with Gasteiger partial charge in [0.25, 0.3) is 5.91 Å². The van der Waals surface area contributed by atoms with Crippen LogP contribution in [0.25, 0.3) is 0 Å². The van der Waals surface area contributed by atoms with Crippen LogP contribution >= 0.6 is 0 Å². The Labute approximate surface area is 326 Å². The topological polar surface area (TPSA) is 235 Å². The number of aliphatic hydroxyl groups excluding tert-OH is 3. The van der Waals surface area contributed by atoms with Crippen molar-refractivity contribution in [1.29, 1.82) is 0 Å². The average molecular weight is 775 g/mol. The van der Waals surface area contributed by atoms with Crippen LogP contribution in [0.3, 0.4) is 0 Å². The number of hydrogen-bond donors (Lipinski definition) is 8. The van der Waals surface area contributed by atoms with E-state index in [0.29, 0.717) is 29.8 Å². The van der Waals surface area contributed by atoms with E-state index in [1.54, 1.807) is 59.5 Å². The van der Waals surface area contributed by atoms with Crippen molar-refractivity contribution in [3.8, 4) is 0 Å². The third kappa shape index (κ3) is 11.1. The second-order valence-electron chi connectivity index (χ2n) is 14.8. The summed E-state index contributed by atoms with van der Waals surface area (Å²) in [5, 5.41) is 43.1. The van der Waals surface area contributed by atoms with Gasteiger partial charge >= 0.3 is 18.0 Å². The number of hydrogen-bond acceptors (Lipinski definition) is 9. The highest BCUT2D eigenvalue weighted by atomic mass is 16.4. The first-order valence-electron chi connectivity index (χ1n) is 18.8. The highest BCUT2D eigenvalue weighted by Gasteiger charge is 2.59. The Morgan fingerprint density at radius 3 is 1.84 bits per heavy atom. The molecule has 1 aliphatic heterocycles. The van der Waals surface area contributed by atoms with Gasteiger partial charge in [0.15, 0.2) is 0 Å². The molecule has 1 heterocycles. The Bertz CT molecular complexity index is 1760. The van der Waals surface area contributed by atoms with Gasteiger partial charge in [-0.25, -0.2) is 14.5 Å². The average Bonchev–Trinajstić information content (AvgIpc) is 3.38. The van der Waals surface area contributed by atoms with Crippen molar-refractivity contribution in [2.75, 3.05) is 30.5 Å². The maximum Gasteiger partial charge on any atom is 0.328 e. The molecular formula is C41H54N6O9. The Morgan fingerprint density at radius 1 is 0.804 bits per heavy atom. The zero-order chi connectivity index (χ0) is 40.9. The third-order valence-electron chi connectivity index (χ3n) is 9.99. The van der Waals surface area contributed by atoms with E-state index in [0.717, 1.165) is 29.7 Å². The molecule has 0 radical (unpaired) electrons. The first-order chi connectivity index (χ1) is 26.8. The molecule has 302 valence electrons. The number of rotatable bonds is 15. The number of nitrogens with one attached hydrogen (secondary N) is 3. The minimum atomic E-state index is -1.21. The van der Waals surface area contributed by atoms with Crippen molar-refractivity contribution in [1.82, 2.24) is 15.1 Å². The van der Waals surface area contributed by atoms with Gasteiger partial charge in [0.1, 0.15) is 11.6 Å². The molecule has 1 aliphatic carbocycles. The van der Waals surface area contributed by atoms with Gasteiger partial charge in [-0.3, -0.25) is 14.4 Å². The molecule has 6 amide bonds. The van der Waals surface area contributed by atoms with Gasteiger partial charge in [-0.15, -0.1) is 0 Å². The largest absolute Gasteiger partial charge is 0.481 e. The molecular weight excluding hydrogens is 720 g/mol. The molecule has 56 heavy (non-hydrogen) atoms. The third-order valence-corrected chi connectivity index (χ3v) is 9.99. The van der Waals surface area contributed by atoms with Crippen LogP contribution in [0, 0.1) is 5.92 Å². The number of aliphatic carboxylic acids is 1. The lowest BCUT2D eigenvalue weighted by Gasteiger charge is -2.38. The van der Waals surface area contributed by atoms with Gasteiger partial charge in [0.2, 0.25) is 5.91 Å². The summed E-state index contributed by atoms with van der Waals surface area (Å²) in [5.41, 5.74) is 5.48. The predicted octanol–water partition coefficient (Wildman–Crippen LogP) is 4.21. The van der Waals surface area contributed by atoms with Gasteiger partial charge in [-0.05, 0) is 60.6 Å². The maximum absolute atomic E-state index is 14.4. The normalized spacial score (nSPS) is 16.2. The van der Waals surface area contributed by atoms with Crippen LogP contribution in [0.5, 0.6) is 0 Å². The van der Waals surface area contributed by atoms with Gasteiger partial charge in [0.05, 0.1) is 37.8 Å². The van der Waals surface area contributed by atoms with E-state index in [4.69, 9.17) is 21.1 Å².